The number of hydrogen-bond acceptors (Lipinski definition) is 5. The third kappa shape index (κ3) is 4.44. The molecule has 0 spiro atoms. The second kappa shape index (κ2) is 7.63. The van der Waals surface area contributed by atoms with E-state index < -0.39 is 10.0 Å². The van der Waals surface area contributed by atoms with E-state index in [1.54, 1.807) is 42.5 Å². The molecule has 0 amide bonds. The molecule has 2 aromatic carbocycles. The number of nitrogens with zero attached hydrogens (tertiary/aromatic N) is 1. The first kappa shape index (κ1) is 18.0. The molecule has 26 heavy (non-hydrogen) atoms. The van der Waals surface area contributed by atoms with Crippen molar-refractivity contribution in [2.75, 3.05) is 11.8 Å². The molecular formula is C18H15ClN2O4S. The highest BCUT2D eigenvalue weighted by molar-refractivity contribution is 7.92. The fourth-order valence-electron chi connectivity index (χ4n) is 2.18. The van der Waals surface area contributed by atoms with Crippen LogP contribution in [0.5, 0.6) is 17.2 Å². The van der Waals surface area contributed by atoms with Crippen LogP contribution in [0.25, 0.3) is 0 Å². The summed E-state index contributed by atoms with van der Waals surface area (Å²) in [6.45, 7) is 0. The Morgan fingerprint density at radius 1 is 0.962 bits per heavy atom. The standard InChI is InChI=1S/C18H15ClN2O4S/c1-24-15-5-7-18(8-6-15)26(22,23)21-14-3-2-4-16(10-14)25-17-9-13(19)11-20-12-17/h2-12,21H,1H3. The number of hydrogen-bond donors (Lipinski definition) is 1. The largest absolute Gasteiger partial charge is 0.497 e. The summed E-state index contributed by atoms with van der Waals surface area (Å²) in [4.78, 5) is 4.07. The average Bonchev–Trinajstić information content (AvgIpc) is 2.62. The van der Waals surface area contributed by atoms with Crippen LogP contribution < -0.4 is 14.2 Å². The SMILES string of the molecule is COc1ccc(S(=O)(=O)Nc2cccc(Oc3cncc(Cl)c3)c2)cc1. The monoisotopic (exact) mass is 390 g/mol. The number of rotatable bonds is 6. The van der Waals surface area contributed by atoms with Crippen LogP contribution in [0.15, 0.2) is 71.9 Å². The zero-order valence-electron chi connectivity index (χ0n) is 13.7. The van der Waals surface area contributed by atoms with Crippen LogP contribution in [0.1, 0.15) is 0 Å². The zero-order valence-corrected chi connectivity index (χ0v) is 15.3. The summed E-state index contributed by atoms with van der Waals surface area (Å²) in [6.07, 6.45) is 3.01. The Bertz CT molecular complexity index is 1010. The van der Waals surface area contributed by atoms with Gasteiger partial charge in [-0.3, -0.25) is 9.71 Å². The molecule has 0 fully saturated rings. The van der Waals surface area contributed by atoms with Gasteiger partial charge in [-0.05, 0) is 36.4 Å². The average molecular weight is 391 g/mol. The number of nitrogens with one attached hydrogen (secondary N) is 1. The maximum atomic E-state index is 12.5. The van der Waals surface area contributed by atoms with Crippen LogP contribution in [0.4, 0.5) is 5.69 Å². The molecule has 0 atom stereocenters. The van der Waals surface area contributed by atoms with Crippen molar-refractivity contribution in [3.05, 3.63) is 72.0 Å². The van der Waals surface area contributed by atoms with Gasteiger partial charge in [0.05, 0.1) is 28.9 Å². The minimum atomic E-state index is -3.73. The lowest BCUT2D eigenvalue weighted by Crippen LogP contribution is -2.12. The van der Waals surface area contributed by atoms with Crippen LogP contribution in [0.3, 0.4) is 0 Å². The molecule has 134 valence electrons. The molecule has 0 unspecified atom stereocenters. The number of ether oxygens (including phenoxy) is 2. The molecule has 0 saturated heterocycles. The van der Waals surface area contributed by atoms with Gasteiger partial charge in [0.25, 0.3) is 10.0 Å². The van der Waals surface area contributed by atoms with Crippen molar-refractivity contribution in [1.82, 2.24) is 4.98 Å². The smallest absolute Gasteiger partial charge is 0.261 e. The van der Waals surface area contributed by atoms with E-state index in [1.807, 2.05) is 0 Å². The van der Waals surface area contributed by atoms with Gasteiger partial charge in [0.1, 0.15) is 17.2 Å². The summed E-state index contributed by atoms with van der Waals surface area (Å²) in [5.74, 6) is 1.48. The number of aromatic nitrogens is 1. The van der Waals surface area contributed by atoms with E-state index in [1.165, 1.54) is 31.6 Å². The molecule has 0 aliphatic heterocycles. The molecule has 0 saturated carbocycles. The lowest BCUT2D eigenvalue weighted by Gasteiger charge is -2.11. The topological polar surface area (TPSA) is 77.5 Å². The number of sulfonamides is 1. The number of pyridine rings is 1. The molecule has 0 radical (unpaired) electrons. The third-order valence-corrected chi connectivity index (χ3v) is 4.98. The fourth-order valence-corrected chi connectivity index (χ4v) is 3.39. The Balaban J connectivity index is 1.79. The number of anilines is 1. The molecule has 6 nitrogen and oxygen atoms in total. The molecule has 0 aliphatic rings. The third-order valence-electron chi connectivity index (χ3n) is 3.37. The summed E-state index contributed by atoms with van der Waals surface area (Å²) in [6, 6.07) is 14.3. The van der Waals surface area contributed by atoms with E-state index in [9.17, 15) is 8.42 Å². The second-order valence-electron chi connectivity index (χ2n) is 5.25. The van der Waals surface area contributed by atoms with Crippen LogP contribution in [0, 0.1) is 0 Å². The molecular weight excluding hydrogens is 376 g/mol. The van der Waals surface area contributed by atoms with Crippen molar-refractivity contribution in [3.63, 3.8) is 0 Å². The van der Waals surface area contributed by atoms with E-state index in [-0.39, 0.29) is 4.90 Å². The highest BCUT2D eigenvalue weighted by atomic mass is 35.5. The summed E-state index contributed by atoms with van der Waals surface area (Å²) in [7, 11) is -2.21. The lowest BCUT2D eigenvalue weighted by molar-refractivity contribution is 0.414. The molecule has 1 aromatic heterocycles. The van der Waals surface area contributed by atoms with E-state index >= 15 is 0 Å². The second-order valence-corrected chi connectivity index (χ2v) is 7.37. The minimum absolute atomic E-state index is 0.128. The molecule has 3 aromatic rings. The van der Waals surface area contributed by atoms with E-state index in [0.29, 0.717) is 28.0 Å². The van der Waals surface area contributed by atoms with Crippen molar-refractivity contribution < 1.29 is 17.9 Å². The Morgan fingerprint density at radius 3 is 2.42 bits per heavy atom. The van der Waals surface area contributed by atoms with Gasteiger partial charge in [-0.15, -0.1) is 0 Å². The van der Waals surface area contributed by atoms with Gasteiger partial charge in [-0.2, -0.15) is 0 Å². The first-order chi connectivity index (χ1) is 12.5. The van der Waals surface area contributed by atoms with Gasteiger partial charge in [0.15, 0.2) is 0 Å². The van der Waals surface area contributed by atoms with Gasteiger partial charge in [0.2, 0.25) is 0 Å². The molecule has 0 bridgehead atoms. The summed E-state index contributed by atoms with van der Waals surface area (Å²) < 4.78 is 38.2. The molecule has 3 rings (SSSR count). The number of halogens is 1. The Kier molecular flexibility index (Phi) is 5.29. The van der Waals surface area contributed by atoms with Crippen molar-refractivity contribution >= 4 is 27.3 Å². The first-order valence-electron chi connectivity index (χ1n) is 7.52. The van der Waals surface area contributed by atoms with Crippen molar-refractivity contribution in [2.45, 2.75) is 4.90 Å². The molecule has 8 heteroatoms. The minimum Gasteiger partial charge on any atom is -0.497 e. The molecule has 0 aliphatic carbocycles. The predicted molar refractivity (Wildman–Crippen MR) is 99.6 cm³/mol. The van der Waals surface area contributed by atoms with E-state index in [2.05, 4.69) is 9.71 Å². The summed E-state index contributed by atoms with van der Waals surface area (Å²) in [5, 5.41) is 0.443. The van der Waals surface area contributed by atoms with Crippen LogP contribution in [0.2, 0.25) is 5.02 Å². The fraction of sp³-hybridized carbons (Fsp3) is 0.0556. The lowest BCUT2D eigenvalue weighted by atomic mass is 10.3. The van der Waals surface area contributed by atoms with Crippen molar-refractivity contribution in [2.24, 2.45) is 0 Å². The van der Waals surface area contributed by atoms with E-state index in [0.717, 1.165) is 0 Å². The summed E-state index contributed by atoms with van der Waals surface area (Å²) >= 11 is 5.88. The maximum Gasteiger partial charge on any atom is 0.261 e. The van der Waals surface area contributed by atoms with Crippen LogP contribution >= 0.6 is 11.6 Å². The normalized spacial score (nSPS) is 11.0. The quantitative estimate of drug-likeness (QED) is 0.677. The van der Waals surface area contributed by atoms with Gasteiger partial charge in [-0.1, -0.05) is 17.7 Å². The Morgan fingerprint density at radius 2 is 1.73 bits per heavy atom. The van der Waals surface area contributed by atoms with Gasteiger partial charge >= 0.3 is 0 Å². The summed E-state index contributed by atoms with van der Waals surface area (Å²) in [5.41, 5.74) is 0.369. The highest BCUT2D eigenvalue weighted by Crippen LogP contribution is 2.26. The number of methoxy groups -OCH3 is 1. The zero-order chi connectivity index (χ0) is 18.6. The first-order valence-corrected chi connectivity index (χ1v) is 9.38. The highest BCUT2D eigenvalue weighted by Gasteiger charge is 2.14. The van der Waals surface area contributed by atoms with Crippen LogP contribution in [-0.4, -0.2) is 20.5 Å². The van der Waals surface area contributed by atoms with Gasteiger partial charge in [-0.25, -0.2) is 8.42 Å². The van der Waals surface area contributed by atoms with Crippen molar-refractivity contribution in [1.29, 1.82) is 0 Å². The maximum absolute atomic E-state index is 12.5. The van der Waals surface area contributed by atoms with Crippen molar-refractivity contribution in [3.8, 4) is 17.2 Å². The van der Waals surface area contributed by atoms with Crippen LogP contribution in [-0.2, 0) is 10.0 Å². The van der Waals surface area contributed by atoms with Gasteiger partial charge < -0.3 is 9.47 Å². The Labute approximate surface area is 156 Å². The molecule has 1 heterocycles. The Hall–Kier alpha value is -2.77. The molecule has 1 N–H and O–H groups in total. The van der Waals surface area contributed by atoms with E-state index in [4.69, 9.17) is 21.1 Å². The number of benzene rings is 2. The van der Waals surface area contributed by atoms with Gasteiger partial charge in [0, 0.05) is 18.3 Å². The predicted octanol–water partition coefficient (Wildman–Crippen LogP) is 4.34.